The molecule has 1 aromatic carbocycles. The van der Waals surface area contributed by atoms with E-state index in [0.717, 1.165) is 22.7 Å². The smallest absolute Gasteiger partial charge is 0.145 e. The van der Waals surface area contributed by atoms with Crippen LogP contribution in [-0.2, 0) is 6.54 Å². The molecule has 5 heteroatoms. The maximum atomic E-state index is 4.46. The predicted octanol–water partition coefficient (Wildman–Crippen LogP) is 1.96. The molecule has 0 fully saturated rings. The van der Waals surface area contributed by atoms with Crippen molar-refractivity contribution < 1.29 is 0 Å². The second-order valence-electron chi connectivity index (χ2n) is 3.63. The van der Waals surface area contributed by atoms with Crippen molar-refractivity contribution in [3.05, 3.63) is 48.7 Å². The van der Waals surface area contributed by atoms with E-state index in [-0.39, 0.29) is 0 Å². The summed E-state index contributed by atoms with van der Waals surface area (Å²) in [6, 6.07) is 7.79. The van der Waals surface area contributed by atoms with E-state index in [0.29, 0.717) is 6.54 Å². The maximum absolute atomic E-state index is 4.46. The Hall–Kier alpha value is -2.43. The molecule has 5 nitrogen and oxygen atoms in total. The first kappa shape index (κ1) is 9.77. The molecule has 0 saturated carbocycles. The van der Waals surface area contributed by atoms with Crippen molar-refractivity contribution in [2.45, 2.75) is 6.54 Å². The lowest BCUT2D eigenvalue weighted by atomic mass is 10.3. The number of hydrogen-bond donors (Lipinski definition) is 2. The number of H-pyrrole nitrogens is 1. The highest BCUT2D eigenvalue weighted by atomic mass is 15.0. The van der Waals surface area contributed by atoms with Crippen molar-refractivity contribution in [3.8, 4) is 0 Å². The van der Waals surface area contributed by atoms with Gasteiger partial charge in [0, 0.05) is 12.4 Å². The summed E-state index contributed by atoms with van der Waals surface area (Å²) in [5.41, 5.74) is 1.79. The number of benzene rings is 1. The van der Waals surface area contributed by atoms with Gasteiger partial charge in [-0.3, -0.25) is 4.98 Å². The minimum Gasteiger partial charge on any atom is -0.362 e. The Bertz CT molecular complexity index is 618. The number of anilines is 1. The number of rotatable bonds is 3. The number of hydrogen-bond acceptors (Lipinski definition) is 4. The van der Waals surface area contributed by atoms with Crippen LogP contribution in [0.4, 0.5) is 5.82 Å². The Morgan fingerprint density at radius 3 is 2.82 bits per heavy atom. The predicted molar refractivity (Wildman–Crippen MR) is 65.5 cm³/mol. The Labute approximate surface area is 98.0 Å². The third-order valence-electron chi connectivity index (χ3n) is 2.44. The number of nitrogens with zero attached hydrogens (tertiary/aromatic N) is 3. The lowest BCUT2D eigenvalue weighted by molar-refractivity contribution is 0.988. The molecule has 2 heterocycles. The van der Waals surface area contributed by atoms with Crippen LogP contribution < -0.4 is 5.32 Å². The van der Waals surface area contributed by atoms with Gasteiger partial charge in [-0.05, 0) is 12.1 Å². The quantitative estimate of drug-likeness (QED) is 0.715. The van der Waals surface area contributed by atoms with Gasteiger partial charge in [0.2, 0.25) is 0 Å². The van der Waals surface area contributed by atoms with Gasteiger partial charge in [0.05, 0.1) is 23.8 Å². The highest BCUT2D eigenvalue weighted by molar-refractivity contribution is 5.75. The van der Waals surface area contributed by atoms with Gasteiger partial charge in [-0.2, -0.15) is 0 Å². The normalized spacial score (nSPS) is 10.6. The van der Waals surface area contributed by atoms with Crippen molar-refractivity contribution in [1.29, 1.82) is 0 Å². The highest BCUT2D eigenvalue weighted by Gasteiger charge is 1.99. The first-order chi connectivity index (χ1) is 8.42. The van der Waals surface area contributed by atoms with Crippen LogP contribution >= 0.6 is 0 Å². The third-order valence-corrected chi connectivity index (χ3v) is 2.44. The molecular formula is C12H11N5. The van der Waals surface area contributed by atoms with Crippen molar-refractivity contribution >= 4 is 16.9 Å². The zero-order chi connectivity index (χ0) is 11.5. The number of fused-ring (bicyclic) bond motifs is 1. The SMILES string of the molecule is c1ccc2nc(NCc3ncc[nH]3)cnc2c1. The maximum Gasteiger partial charge on any atom is 0.145 e. The molecule has 0 unspecified atom stereocenters. The molecule has 2 N–H and O–H groups in total. The molecule has 0 aliphatic rings. The highest BCUT2D eigenvalue weighted by Crippen LogP contribution is 2.11. The average Bonchev–Trinajstić information content (AvgIpc) is 2.89. The van der Waals surface area contributed by atoms with Gasteiger partial charge < -0.3 is 10.3 Å². The van der Waals surface area contributed by atoms with Crippen LogP contribution in [0, 0.1) is 0 Å². The van der Waals surface area contributed by atoms with Crippen LogP contribution in [0.15, 0.2) is 42.9 Å². The van der Waals surface area contributed by atoms with Crippen LogP contribution in [-0.4, -0.2) is 19.9 Å². The summed E-state index contributed by atoms with van der Waals surface area (Å²) in [7, 11) is 0. The van der Waals surface area contributed by atoms with Gasteiger partial charge in [0.15, 0.2) is 0 Å². The van der Waals surface area contributed by atoms with Crippen molar-refractivity contribution in [3.63, 3.8) is 0 Å². The van der Waals surface area contributed by atoms with Gasteiger partial charge in [-0.15, -0.1) is 0 Å². The molecule has 0 radical (unpaired) electrons. The summed E-state index contributed by atoms with van der Waals surface area (Å²) >= 11 is 0. The summed E-state index contributed by atoms with van der Waals surface area (Å²) in [6.45, 7) is 0.611. The lowest BCUT2D eigenvalue weighted by Gasteiger charge is -2.04. The lowest BCUT2D eigenvalue weighted by Crippen LogP contribution is -2.03. The Morgan fingerprint density at radius 1 is 1.12 bits per heavy atom. The first-order valence-electron chi connectivity index (χ1n) is 5.36. The molecule has 0 spiro atoms. The van der Waals surface area contributed by atoms with E-state index >= 15 is 0 Å². The van der Waals surface area contributed by atoms with Gasteiger partial charge in [0.1, 0.15) is 11.6 Å². The number of para-hydroxylation sites is 2. The van der Waals surface area contributed by atoms with Gasteiger partial charge in [-0.25, -0.2) is 9.97 Å². The minimum absolute atomic E-state index is 0.611. The molecule has 3 aromatic rings. The number of imidazole rings is 1. The molecule has 0 bridgehead atoms. The number of aromatic nitrogens is 4. The zero-order valence-corrected chi connectivity index (χ0v) is 9.09. The van der Waals surface area contributed by atoms with E-state index in [4.69, 9.17) is 0 Å². The molecule has 3 rings (SSSR count). The number of aromatic amines is 1. The summed E-state index contributed by atoms with van der Waals surface area (Å²) in [4.78, 5) is 15.9. The van der Waals surface area contributed by atoms with E-state index in [1.165, 1.54) is 0 Å². The Kier molecular flexibility index (Phi) is 2.42. The molecule has 0 aliphatic carbocycles. The molecule has 0 saturated heterocycles. The summed E-state index contributed by atoms with van der Waals surface area (Å²) in [5, 5.41) is 3.17. The van der Waals surface area contributed by atoms with E-state index in [2.05, 4.69) is 25.3 Å². The van der Waals surface area contributed by atoms with Crippen molar-refractivity contribution in [2.24, 2.45) is 0 Å². The second kappa shape index (κ2) is 4.21. The summed E-state index contributed by atoms with van der Waals surface area (Å²) in [6.07, 6.45) is 5.25. The fraction of sp³-hybridized carbons (Fsp3) is 0.0833. The van der Waals surface area contributed by atoms with Crippen LogP contribution in [0.5, 0.6) is 0 Å². The molecule has 0 aliphatic heterocycles. The molecule has 84 valence electrons. The Balaban J connectivity index is 1.81. The summed E-state index contributed by atoms with van der Waals surface area (Å²) < 4.78 is 0. The molecule has 0 amide bonds. The monoisotopic (exact) mass is 225 g/mol. The standard InChI is InChI=1S/C12H11N5/c1-2-4-10-9(3-1)15-8-12(17-10)16-7-11-13-5-6-14-11/h1-6,8H,7H2,(H,13,14)(H,16,17). The van der Waals surface area contributed by atoms with E-state index in [1.54, 1.807) is 18.6 Å². The van der Waals surface area contributed by atoms with Crippen LogP contribution in [0.3, 0.4) is 0 Å². The van der Waals surface area contributed by atoms with E-state index in [9.17, 15) is 0 Å². The van der Waals surface area contributed by atoms with Crippen molar-refractivity contribution in [2.75, 3.05) is 5.32 Å². The minimum atomic E-state index is 0.611. The van der Waals surface area contributed by atoms with Gasteiger partial charge in [-0.1, -0.05) is 12.1 Å². The fourth-order valence-corrected chi connectivity index (χ4v) is 1.61. The zero-order valence-electron chi connectivity index (χ0n) is 9.09. The topological polar surface area (TPSA) is 66.5 Å². The third kappa shape index (κ3) is 2.08. The summed E-state index contributed by atoms with van der Waals surface area (Å²) in [5.74, 6) is 1.63. The largest absolute Gasteiger partial charge is 0.362 e. The van der Waals surface area contributed by atoms with Gasteiger partial charge in [0.25, 0.3) is 0 Å². The van der Waals surface area contributed by atoms with Crippen LogP contribution in [0.2, 0.25) is 0 Å². The molecular weight excluding hydrogens is 214 g/mol. The van der Waals surface area contributed by atoms with Crippen LogP contribution in [0.1, 0.15) is 5.82 Å². The van der Waals surface area contributed by atoms with E-state index < -0.39 is 0 Å². The van der Waals surface area contributed by atoms with Crippen LogP contribution in [0.25, 0.3) is 11.0 Å². The van der Waals surface area contributed by atoms with Crippen molar-refractivity contribution in [1.82, 2.24) is 19.9 Å². The molecule has 0 atom stereocenters. The van der Waals surface area contributed by atoms with Gasteiger partial charge >= 0.3 is 0 Å². The molecule has 2 aromatic heterocycles. The van der Waals surface area contributed by atoms with E-state index in [1.807, 2.05) is 24.3 Å². The second-order valence-corrected chi connectivity index (χ2v) is 3.63. The first-order valence-corrected chi connectivity index (χ1v) is 5.36. The number of nitrogens with one attached hydrogen (secondary N) is 2. The molecule has 17 heavy (non-hydrogen) atoms. The fourth-order valence-electron chi connectivity index (χ4n) is 1.61. The average molecular weight is 225 g/mol. The Morgan fingerprint density at radius 2 is 2.00 bits per heavy atom.